The van der Waals surface area contributed by atoms with Crippen molar-refractivity contribution in [2.75, 3.05) is 7.11 Å². The first-order chi connectivity index (χ1) is 11.3. The molecule has 0 spiro atoms. The maximum absolute atomic E-state index is 14.4. The van der Waals surface area contributed by atoms with E-state index in [1.807, 2.05) is 13.8 Å². The van der Waals surface area contributed by atoms with Gasteiger partial charge in [0.1, 0.15) is 11.6 Å². The van der Waals surface area contributed by atoms with Crippen LogP contribution in [0.2, 0.25) is 0 Å². The van der Waals surface area contributed by atoms with Crippen molar-refractivity contribution in [2.24, 2.45) is 5.41 Å². The van der Waals surface area contributed by atoms with Crippen molar-refractivity contribution in [1.82, 2.24) is 0 Å². The van der Waals surface area contributed by atoms with Gasteiger partial charge in [-0.1, -0.05) is 38.1 Å². The first-order valence-electron chi connectivity index (χ1n) is 7.73. The fourth-order valence-electron chi connectivity index (χ4n) is 2.53. The summed E-state index contributed by atoms with van der Waals surface area (Å²) in [5.74, 6) is 0.124. The predicted molar refractivity (Wildman–Crippen MR) is 93.2 cm³/mol. The Balaban J connectivity index is 2.69. The molecular weight excluding hydrogens is 307 g/mol. The predicted octanol–water partition coefficient (Wildman–Crippen LogP) is 4.24. The van der Waals surface area contributed by atoms with E-state index in [1.54, 1.807) is 36.4 Å². The Kier molecular flexibility index (Phi) is 5.42. The molecule has 0 aliphatic rings. The minimum Gasteiger partial charge on any atom is -0.497 e. The highest BCUT2D eigenvalue weighted by Gasteiger charge is 2.29. The molecule has 0 saturated heterocycles. The lowest BCUT2D eigenvalue weighted by Gasteiger charge is -2.29. The lowest BCUT2D eigenvalue weighted by atomic mass is 9.80. The average molecular weight is 330 g/mol. The van der Waals surface area contributed by atoms with Crippen molar-refractivity contribution in [3.05, 3.63) is 66.0 Å². The van der Waals surface area contributed by atoms with E-state index in [9.17, 15) is 14.6 Å². The van der Waals surface area contributed by atoms with Gasteiger partial charge >= 0.3 is 0 Å². The molecule has 0 aliphatic heterocycles. The number of methoxy groups -OCH3 is 1. The van der Waals surface area contributed by atoms with Gasteiger partial charge in [0.05, 0.1) is 19.8 Å². The molecule has 1 atom stereocenters. The Bertz CT molecular complexity index is 738. The molecular formula is C20H23FO3. The van der Waals surface area contributed by atoms with Crippen LogP contribution in [-0.2, 0) is 6.61 Å². The smallest absolute Gasteiger partial charge is 0.131 e. The van der Waals surface area contributed by atoms with Gasteiger partial charge in [0.25, 0.3) is 0 Å². The second kappa shape index (κ2) is 7.16. The van der Waals surface area contributed by atoms with Crippen molar-refractivity contribution in [1.29, 1.82) is 0 Å². The molecule has 128 valence electrons. The summed E-state index contributed by atoms with van der Waals surface area (Å²) >= 11 is 0. The zero-order valence-corrected chi connectivity index (χ0v) is 14.2. The summed E-state index contributed by atoms with van der Waals surface area (Å²) in [6, 6.07) is 9.60. The molecule has 0 radical (unpaired) electrons. The molecule has 0 unspecified atom stereocenters. The van der Waals surface area contributed by atoms with E-state index < -0.39 is 17.3 Å². The van der Waals surface area contributed by atoms with Crippen LogP contribution >= 0.6 is 0 Å². The summed E-state index contributed by atoms with van der Waals surface area (Å²) in [5, 5.41) is 20.2. The SMILES string of the molecule is C=CC(C)(C)[C@@H](O)c1cc(CO)ccc1-c1cc(OC)ccc1F. The highest BCUT2D eigenvalue weighted by Crippen LogP contribution is 2.40. The summed E-state index contributed by atoms with van der Waals surface area (Å²) in [6.07, 6.45) is 0.761. The quantitative estimate of drug-likeness (QED) is 0.779. The molecule has 0 fully saturated rings. The number of ether oxygens (including phenoxy) is 1. The molecule has 0 saturated carbocycles. The molecule has 2 aromatic carbocycles. The molecule has 3 nitrogen and oxygen atoms in total. The van der Waals surface area contributed by atoms with Crippen LogP contribution in [0, 0.1) is 11.2 Å². The summed E-state index contributed by atoms with van der Waals surface area (Å²) in [6.45, 7) is 7.31. The Morgan fingerprint density at radius 3 is 2.50 bits per heavy atom. The van der Waals surface area contributed by atoms with Crippen molar-refractivity contribution < 1.29 is 19.3 Å². The third-order valence-electron chi connectivity index (χ3n) is 4.29. The maximum Gasteiger partial charge on any atom is 0.131 e. The van der Waals surface area contributed by atoms with E-state index in [4.69, 9.17) is 4.74 Å². The largest absolute Gasteiger partial charge is 0.497 e. The van der Waals surface area contributed by atoms with Crippen LogP contribution in [0.3, 0.4) is 0 Å². The highest BCUT2D eigenvalue weighted by molar-refractivity contribution is 5.70. The molecule has 0 aliphatic carbocycles. The maximum atomic E-state index is 14.4. The van der Waals surface area contributed by atoms with Gasteiger partial charge in [-0.05, 0) is 34.9 Å². The van der Waals surface area contributed by atoms with Crippen LogP contribution in [0.1, 0.15) is 31.1 Å². The van der Waals surface area contributed by atoms with E-state index in [1.165, 1.54) is 13.2 Å². The van der Waals surface area contributed by atoms with Gasteiger partial charge in [-0.3, -0.25) is 0 Å². The Labute approximate surface area is 142 Å². The third kappa shape index (κ3) is 3.50. The summed E-state index contributed by atoms with van der Waals surface area (Å²) in [7, 11) is 1.52. The second-order valence-corrected chi connectivity index (χ2v) is 6.35. The van der Waals surface area contributed by atoms with E-state index >= 15 is 0 Å². The number of rotatable bonds is 6. The lowest BCUT2D eigenvalue weighted by Crippen LogP contribution is -2.20. The van der Waals surface area contributed by atoms with Crippen LogP contribution in [0.15, 0.2) is 49.1 Å². The zero-order valence-electron chi connectivity index (χ0n) is 14.2. The van der Waals surface area contributed by atoms with Crippen molar-refractivity contribution in [3.63, 3.8) is 0 Å². The number of hydrogen-bond donors (Lipinski definition) is 2. The van der Waals surface area contributed by atoms with Crippen LogP contribution in [-0.4, -0.2) is 17.3 Å². The molecule has 2 aromatic rings. The summed E-state index contributed by atoms with van der Waals surface area (Å²) < 4.78 is 19.6. The van der Waals surface area contributed by atoms with Crippen LogP contribution in [0.4, 0.5) is 4.39 Å². The average Bonchev–Trinajstić information content (AvgIpc) is 2.61. The van der Waals surface area contributed by atoms with Gasteiger partial charge in [0.15, 0.2) is 0 Å². The van der Waals surface area contributed by atoms with Crippen LogP contribution in [0.5, 0.6) is 5.75 Å². The first kappa shape index (κ1) is 18.2. The molecule has 0 bridgehead atoms. The number of aliphatic hydroxyl groups excluding tert-OH is 2. The lowest BCUT2D eigenvalue weighted by molar-refractivity contribution is 0.0825. The molecule has 24 heavy (non-hydrogen) atoms. The van der Waals surface area contributed by atoms with Gasteiger partial charge in [0, 0.05) is 11.0 Å². The van der Waals surface area contributed by atoms with Crippen LogP contribution < -0.4 is 4.74 Å². The number of hydrogen-bond acceptors (Lipinski definition) is 3. The normalized spacial score (nSPS) is 12.8. The topological polar surface area (TPSA) is 49.7 Å². The highest BCUT2D eigenvalue weighted by atomic mass is 19.1. The van der Waals surface area contributed by atoms with Gasteiger partial charge in [-0.15, -0.1) is 6.58 Å². The summed E-state index contributed by atoms with van der Waals surface area (Å²) in [5.41, 5.74) is 1.48. The van der Waals surface area contributed by atoms with Gasteiger partial charge in [0.2, 0.25) is 0 Å². The fraction of sp³-hybridized carbons (Fsp3) is 0.300. The first-order valence-corrected chi connectivity index (χ1v) is 7.73. The molecule has 2 rings (SSSR count). The van der Waals surface area contributed by atoms with Gasteiger partial charge in [-0.2, -0.15) is 0 Å². The number of halogens is 1. The Morgan fingerprint density at radius 2 is 1.92 bits per heavy atom. The van der Waals surface area contributed by atoms with Crippen molar-refractivity contribution >= 4 is 0 Å². The number of aliphatic hydroxyl groups is 2. The van der Waals surface area contributed by atoms with E-state index in [-0.39, 0.29) is 6.61 Å². The van der Waals surface area contributed by atoms with E-state index in [0.29, 0.717) is 28.0 Å². The third-order valence-corrected chi connectivity index (χ3v) is 4.29. The molecule has 0 aromatic heterocycles. The zero-order chi connectivity index (χ0) is 17.9. The van der Waals surface area contributed by atoms with E-state index in [2.05, 4.69) is 6.58 Å². The second-order valence-electron chi connectivity index (χ2n) is 6.35. The molecule has 4 heteroatoms. The molecule has 0 amide bonds. The fourth-order valence-corrected chi connectivity index (χ4v) is 2.53. The van der Waals surface area contributed by atoms with Crippen LogP contribution in [0.25, 0.3) is 11.1 Å². The standard InChI is InChI=1S/C20H23FO3/c1-5-20(2,3)19(23)17-10-13(12-22)6-8-15(17)16-11-14(24-4)7-9-18(16)21/h5-11,19,22-23H,1,12H2,2-4H3/t19-/m0/s1. The minimum atomic E-state index is -0.901. The Morgan fingerprint density at radius 1 is 1.21 bits per heavy atom. The molecule has 0 heterocycles. The van der Waals surface area contributed by atoms with Crippen molar-refractivity contribution in [2.45, 2.75) is 26.6 Å². The Hall–Kier alpha value is -2.17. The van der Waals surface area contributed by atoms with Crippen molar-refractivity contribution in [3.8, 4) is 16.9 Å². The minimum absolute atomic E-state index is 0.158. The van der Waals surface area contributed by atoms with E-state index in [0.717, 1.165) is 0 Å². The van der Waals surface area contributed by atoms with Gasteiger partial charge in [-0.25, -0.2) is 4.39 Å². The summed E-state index contributed by atoms with van der Waals surface area (Å²) in [4.78, 5) is 0. The monoisotopic (exact) mass is 330 g/mol. The van der Waals surface area contributed by atoms with Gasteiger partial charge < -0.3 is 14.9 Å². The molecule has 2 N–H and O–H groups in total. The number of benzene rings is 2.